The molecule has 120 valence electrons. The van der Waals surface area contributed by atoms with E-state index in [0.717, 1.165) is 36.6 Å². The van der Waals surface area contributed by atoms with Crippen molar-refractivity contribution in [3.05, 3.63) is 54.1 Å². The number of rotatable bonds is 5. The van der Waals surface area contributed by atoms with Crippen LogP contribution in [0.3, 0.4) is 0 Å². The maximum absolute atomic E-state index is 11.0. The smallest absolute Gasteiger partial charge is 0.305 e. The highest BCUT2D eigenvalue weighted by atomic mass is 16.5. The third kappa shape index (κ3) is 3.83. The van der Waals surface area contributed by atoms with Gasteiger partial charge in [-0.2, -0.15) is 0 Å². The quantitative estimate of drug-likeness (QED) is 0.897. The number of hydrogen-bond acceptors (Lipinski definition) is 3. The highest BCUT2D eigenvalue weighted by molar-refractivity contribution is 5.69. The van der Waals surface area contributed by atoms with E-state index in [0.29, 0.717) is 0 Å². The minimum Gasteiger partial charge on any atom is -0.481 e. The summed E-state index contributed by atoms with van der Waals surface area (Å²) >= 11 is 0. The first-order chi connectivity index (χ1) is 11.1. The van der Waals surface area contributed by atoms with E-state index in [1.54, 1.807) is 0 Å². The fourth-order valence-corrected chi connectivity index (χ4v) is 3.04. The molecule has 1 atom stereocenters. The zero-order chi connectivity index (χ0) is 16.2. The Balaban J connectivity index is 1.69. The molecular formula is C19H21NO3. The first kappa shape index (κ1) is 15.4. The highest BCUT2D eigenvalue weighted by Gasteiger charge is 2.26. The Morgan fingerprint density at radius 2 is 1.74 bits per heavy atom. The van der Waals surface area contributed by atoms with E-state index in [4.69, 9.17) is 9.84 Å². The van der Waals surface area contributed by atoms with Crippen LogP contribution in [0.2, 0.25) is 0 Å². The molecular weight excluding hydrogens is 290 g/mol. The number of aryl methyl sites for hydroxylation is 1. The van der Waals surface area contributed by atoms with Crippen LogP contribution in [0.5, 0.6) is 11.5 Å². The molecule has 1 saturated heterocycles. The monoisotopic (exact) mass is 311 g/mol. The van der Waals surface area contributed by atoms with Gasteiger partial charge >= 0.3 is 5.97 Å². The molecule has 2 aromatic carbocycles. The summed E-state index contributed by atoms with van der Waals surface area (Å²) in [6.45, 7) is 2.96. The Bertz CT molecular complexity index is 664. The molecule has 23 heavy (non-hydrogen) atoms. The van der Waals surface area contributed by atoms with Gasteiger partial charge in [-0.3, -0.25) is 4.79 Å². The van der Waals surface area contributed by atoms with Crippen molar-refractivity contribution in [2.24, 2.45) is 0 Å². The number of aliphatic carboxylic acids is 1. The summed E-state index contributed by atoms with van der Waals surface area (Å²) in [5.41, 5.74) is 2.26. The van der Waals surface area contributed by atoms with Gasteiger partial charge in [0.1, 0.15) is 11.5 Å². The van der Waals surface area contributed by atoms with Crippen molar-refractivity contribution in [1.82, 2.24) is 0 Å². The van der Waals surface area contributed by atoms with Gasteiger partial charge in [-0.05, 0) is 56.2 Å². The van der Waals surface area contributed by atoms with Crippen molar-refractivity contribution >= 4 is 11.7 Å². The SMILES string of the molecule is Cc1ccc(Oc2ccc(N3CCC[C@H]3CC(=O)O)cc2)cc1. The maximum Gasteiger partial charge on any atom is 0.305 e. The third-order valence-corrected chi connectivity index (χ3v) is 4.21. The predicted octanol–water partition coefficient (Wildman–Crippen LogP) is 4.23. The lowest BCUT2D eigenvalue weighted by Crippen LogP contribution is -2.31. The average molecular weight is 311 g/mol. The summed E-state index contributed by atoms with van der Waals surface area (Å²) < 4.78 is 5.83. The lowest BCUT2D eigenvalue weighted by molar-refractivity contribution is -0.137. The molecule has 2 aromatic rings. The standard InChI is InChI=1S/C19H21NO3/c1-14-4-8-17(9-5-14)23-18-10-6-15(7-11-18)20-12-2-3-16(20)13-19(21)22/h4-11,16H,2-3,12-13H2,1H3,(H,21,22)/t16-/m0/s1. The molecule has 0 unspecified atom stereocenters. The number of nitrogens with zero attached hydrogens (tertiary/aromatic N) is 1. The lowest BCUT2D eigenvalue weighted by atomic mass is 10.1. The van der Waals surface area contributed by atoms with E-state index in [1.807, 2.05) is 55.5 Å². The van der Waals surface area contributed by atoms with Crippen molar-refractivity contribution in [1.29, 1.82) is 0 Å². The fourth-order valence-electron chi connectivity index (χ4n) is 3.04. The first-order valence-corrected chi connectivity index (χ1v) is 7.95. The highest BCUT2D eigenvalue weighted by Crippen LogP contribution is 2.30. The van der Waals surface area contributed by atoms with Crippen LogP contribution in [-0.4, -0.2) is 23.7 Å². The minimum absolute atomic E-state index is 0.0939. The summed E-state index contributed by atoms with van der Waals surface area (Å²) in [5.74, 6) is 0.862. The summed E-state index contributed by atoms with van der Waals surface area (Å²) in [6.07, 6.45) is 2.18. The van der Waals surface area contributed by atoms with Crippen molar-refractivity contribution in [3.63, 3.8) is 0 Å². The largest absolute Gasteiger partial charge is 0.481 e. The van der Waals surface area contributed by atoms with Crippen LogP contribution >= 0.6 is 0 Å². The molecule has 0 bridgehead atoms. The van der Waals surface area contributed by atoms with E-state index < -0.39 is 5.97 Å². The topological polar surface area (TPSA) is 49.8 Å². The zero-order valence-corrected chi connectivity index (χ0v) is 13.2. The third-order valence-electron chi connectivity index (χ3n) is 4.21. The Labute approximate surface area is 136 Å². The van der Waals surface area contributed by atoms with Gasteiger partial charge in [0, 0.05) is 18.3 Å². The molecule has 3 rings (SSSR count). The Kier molecular flexibility index (Phi) is 4.51. The average Bonchev–Trinajstić information content (AvgIpc) is 2.98. The van der Waals surface area contributed by atoms with Crippen LogP contribution in [0.15, 0.2) is 48.5 Å². The van der Waals surface area contributed by atoms with Gasteiger partial charge in [0.2, 0.25) is 0 Å². The number of carbonyl (C=O) groups is 1. The van der Waals surface area contributed by atoms with Gasteiger partial charge in [-0.1, -0.05) is 17.7 Å². The molecule has 4 heteroatoms. The van der Waals surface area contributed by atoms with Crippen molar-refractivity contribution in [3.8, 4) is 11.5 Å². The van der Waals surface area contributed by atoms with Crippen LogP contribution in [0.4, 0.5) is 5.69 Å². The van der Waals surface area contributed by atoms with Crippen LogP contribution < -0.4 is 9.64 Å². The first-order valence-electron chi connectivity index (χ1n) is 7.95. The van der Waals surface area contributed by atoms with E-state index in [-0.39, 0.29) is 12.5 Å². The molecule has 4 nitrogen and oxygen atoms in total. The van der Waals surface area contributed by atoms with Gasteiger partial charge in [-0.15, -0.1) is 0 Å². The van der Waals surface area contributed by atoms with Gasteiger partial charge < -0.3 is 14.7 Å². The molecule has 1 fully saturated rings. The molecule has 0 amide bonds. The lowest BCUT2D eigenvalue weighted by Gasteiger charge is -2.25. The van der Waals surface area contributed by atoms with E-state index >= 15 is 0 Å². The molecule has 1 N–H and O–H groups in total. The number of benzene rings is 2. The van der Waals surface area contributed by atoms with Crippen LogP contribution in [0, 0.1) is 6.92 Å². The Morgan fingerprint density at radius 3 is 2.35 bits per heavy atom. The second-order valence-electron chi connectivity index (χ2n) is 6.00. The van der Waals surface area contributed by atoms with Gasteiger partial charge in [0.15, 0.2) is 0 Å². The Hall–Kier alpha value is -2.49. The maximum atomic E-state index is 11.0. The molecule has 0 aromatic heterocycles. The normalized spacial score (nSPS) is 17.3. The number of ether oxygens (including phenoxy) is 1. The predicted molar refractivity (Wildman–Crippen MR) is 90.3 cm³/mol. The van der Waals surface area contributed by atoms with Crippen LogP contribution in [-0.2, 0) is 4.79 Å². The zero-order valence-electron chi connectivity index (χ0n) is 13.2. The van der Waals surface area contributed by atoms with E-state index in [1.165, 1.54) is 5.56 Å². The number of carboxylic acids is 1. The number of anilines is 1. The van der Waals surface area contributed by atoms with Crippen molar-refractivity contribution in [2.45, 2.75) is 32.2 Å². The number of carboxylic acid groups (broad SMARTS) is 1. The van der Waals surface area contributed by atoms with E-state index in [2.05, 4.69) is 4.90 Å². The van der Waals surface area contributed by atoms with Crippen LogP contribution in [0.1, 0.15) is 24.8 Å². The van der Waals surface area contributed by atoms with Crippen molar-refractivity contribution in [2.75, 3.05) is 11.4 Å². The summed E-state index contributed by atoms with van der Waals surface area (Å²) in [5, 5.41) is 9.02. The molecule has 0 spiro atoms. The fraction of sp³-hybridized carbons (Fsp3) is 0.316. The summed E-state index contributed by atoms with van der Waals surface area (Å²) in [4.78, 5) is 13.2. The summed E-state index contributed by atoms with van der Waals surface area (Å²) in [7, 11) is 0. The molecule has 1 aliphatic heterocycles. The van der Waals surface area contributed by atoms with Gasteiger partial charge in [0.05, 0.1) is 6.42 Å². The molecule has 0 saturated carbocycles. The second kappa shape index (κ2) is 6.73. The van der Waals surface area contributed by atoms with Crippen molar-refractivity contribution < 1.29 is 14.6 Å². The number of hydrogen-bond donors (Lipinski definition) is 1. The van der Waals surface area contributed by atoms with E-state index in [9.17, 15) is 4.79 Å². The molecule has 0 radical (unpaired) electrons. The molecule has 1 heterocycles. The Morgan fingerprint density at radius 1 is 1.13 bits per heavy atom. The van der Waals surface area contributed by atoms with Crippen LogP contribution in [0.25, 0.3) is 0 Å². The minimum atomic E-state index is -0.735. The van der Waals surface area contributed by atoms with Gasteiger partial charge in [-0.25, -0.2) is 0 Å². The van der Waals surface area contributed by atoms with Gasteiger partial charge in [0.25, 0.3) is 0 Å². The summed E-state index contributed by atoms with van der Waals surface area (Å²) in [6, 6.07) is 15.9. The molecule has 1 aliphatic rings. The second-order valence-corrected chi connectivity index (χ2v) is 6.00. The molecule has 0 aliphatic carbocycles.